The molecule has 2 atom stereocenters. The molecule has 0 unspecified atom stereocenters. The van der Waals surface area contributed by atoms with Crippen molar-refractivity contribution in [2.24, 2.45) is 0 Å². The Bertz CT molecular complexity index is 1040. The maximum atomic E-state index is 14.0. The average molecular weight is 397 g/mol. The Morgan fingerprint density at radius 3 is 2.71 bits per heavy atom. The van der Waals surface area contributed by atoms with Crippen molar-refractivity contribution < 1.29 is 9.18 Å². The van der Waals surface area contributed by atoms with Gasteiger partial charge in [0, 0.05) is 11.7 Å². The van der Waals surface area contributed by atoms with E-state index in [9.17, 15) is 9.18 Å². The van der Waals surface area contributed by atoms with E-state index in [0.29, 0.717) is 5.16 Å². The van der Waals surface area contributed by atoms with Crippen molar-refractivity contribution in [2.45, 2.75) is 36.7 Å². The van der Waals surface area contributed by atoms with E-state index in [1.807, 2.05) is 43.0 Å². The molecule has 0 fully saturated rings. The molecule has 4 rings (SSSR count). The molecule has 0 aliphatic carbocycles. The molecule has 2 N–H and O–H groups in total. The van der Waals surface area contributed by atoms with Crippen LogP contribution in [0.3, 0.4) is 0 Å². The van der Waals surface area contributed by atoms with Crippen LogP contribution in [0.15, 0.2) is 53.7 Å². The van der Waals surface area contributed by atoms with Crippen molar-refractivity contribution in [3.8, 4) is 11.4 Å². The highest BCUT2D eigenvalue weighted by Gasteiger charge is 2.34. The molecule has 144 valence electrons. The standard InChI is InChI=1S/C20H20FN5OS/c1-12-11-14-7-3-6-10-17(14)25(12)19(27)13(2)28-20-24-23-18(26(20)22)15-8-4-5-9-16(15)21/h3-10,12-13H,11,22H2,1-2H3/t12-,13+/m1/s1. The van der Waals surface area contributed by atoms with E-state index in [0.717, 1.165) is 12.1 Å². The number of hydrogen-bond donors (Lipinski definition) is 1. The third-order valence-corrected chi connectivity index (χ3v) is 5.90. The lowest BCUT2D eigenvalue weighted by Gasteiger charge is -2.25. The van der Waals surface area contributed by atoms with E-state index in [-0.39, 0.29) is 23.3 Å². The van der Waals surface area contributed by atoms with E-state index in [4.69, 9.17) is 5.84 Å². The Morgan fingerprint density at radius 2 is 1.93 bits per heavy atom. The Balaban J connectivity index is 1.56. The Kier molecular flexibility index (Phi) is 4.80. The monoisotopic (exact) mass is 397 g/mol. The number of carbonyl (C=O) groups is 1. The van der Waals surface area contributed by atoms with Crippen LogP contribution in [0.2, 0.25) is 0 Å². The van der Waals surface area contributed by atoms with E-state index >= 15 is 0 Å². The predicted octanol–water partition coefficient (Wildman–Crippen LogP) is 3.26. The van der Waals surface area contributed by atoms with Crippen molar-refractivity contribution in [3.63, 3.8) is 0 Å². The number of halogens is 1. The van der Waals surface area contributed by atoms with Crippen LogP contribution in [-0.4, -0.2) is 32.1 Å². The fourth-order valence-corrected chi connectivity index (χ4v) is 4.31. The zero-order chi connectivity index (χ0) is 19.8. The summed E-state index contributed by atoms with van der Waals surface area (Å²) in [7, 11) is 0. The number of benzene rings is 2. The van der Waals surface area contributed by atoms with Crippen LogP contribution in [0.4, 0.5) is 10.1 Å². The van der Waals surface area contributed by atoms with Crippen LogP contribution in [0, 0.1) is 5.82 Å². The first-order valence-corrected chi connectivity index (χ1v) is 9.88. The number of anilines is 1. The highest BCUT2D eigenvalue weighted by atomic mass is 32.2. The first kappa shape index (κ1) is 18.5. The zero-order valence-electron chi connectivity index (χ0n) is 15.5. The summed E-state index contributed by atoms with van der Waals surface area (Å²) in [6.07, 6.45) is 0.837. The van der Waals surface area contributed by atoms with Gasteiger partial charge in [0.1, 0.15) is 5.82 Å². The SMILES string of the molecule is C[C@H](Sc1nnc(-c2ccccc2F)n1N)C(=O)N1c2ccccc2C[C@H]1C. The minimum atomic E-state index is -0.426. The highest BCUT2D eigenvalue weighted by Crippen LogP contribution is 2.35. The quantitative estimate of drug-likeness (QED) is 0.540. The average Bonchev–Trinajstić information content (AvgIpc) is 3.21. The molecular formula is C20H20FN5OS. The molecule has 1 amide bonds. The second-order valence-corrected chi connectivity index (χ2v) is 8.11. The van der Waals surface area contributed by atoms with Crippen molar-refractivity contribution in [3.05, 3.63) is 59.9 Å². The number of thioether (sulfide) groups is 1. The summed E-state index contributed by atoms with van der Waals surface area (Å²) in [4.78, 5) is 14.9. The maximum Gasteiger partial charge on any atom is 0.240 e. The molecular weight excluding hydrogens is 377 g/mol. The number of rotatable bonds is 4. The summed E-state index contributed by atoms with van der Waals surface area (Å²) in [5, 5.41) is 8.01. The Labute approximate surface area is 166 Å². The molecule has 0 bridgehead atoms. The number of para-hydroxylation sites is 1. The van der Waals surface area contributed by atoms with Crippen LogP contribution in [-0.2, 0) is 11.2 Å². The van der Waals surface area contributed by atoms with Gasteiger partial charge in [-0.25, -0.2) is 9.07 Å². The normalized spacial score (nSPS) is 16.8. The number of nitrogen functional groups attached to an aromatic ring is 1. The minimum Gasteiger partial charge on any atom is -0.335 e. The molecule has 8 heteroatoms. The smallest absolute Gasteiger partial charge is 0.240 e. The first-order chi connectivity index (χ1) is 13.5. The molecule has 2 heterocycles. The summed E-state index contributed by atoms with van der Waals surface area (Å²) in [6, 6.07) is 14.3. The minimum absolute atomic E-state index is 0.0158. The zero-order valence-corrected chi connectivity index (χ0v) is 16.4. The van der Waals surface area contributed by atoms with Crippen LogP contribution < -0.4 is 10.7 Å². The largest absolute Gasteiger partial charge is 0.335 e. The number of amides is 1. The molecule has 0 spiro atoms. The van der Waals surface area contributed by atoms with Crippen molar-refractivity contribution in [2.75, 3.05) is 10.7 Å². The van der Waals surface area contributed by atoms with Crippen LogP contribution in [0.25, 0.3) is 11.4 Å². The molecule has 1 aliphatic rings. The number of carbonyl (C=O) groups excluding carboxylic acids is 1. The fourth-order valence-electron chi connectivity index (χ4n) is 3.49. The van der Waals surface area contributed by atoms with Crippen LogP contribution >= 0.6 is 11.8 Å². The van der Waals surface area contributed by atoms with Crippen molar-refractivity contribution in [1.29, 1.82) is 0 Å². The molecule has 28 heavy (non-hydrogen) atoms. The van der Waals surface area contributed by atoms with E-state index < -0.39 is 11.1 Å². The van der Waals surface area contributed by atoms with Gasteiger partial charge in [-0.3, -0.25) is 4.79 Å². The van der Waals surface area contributed by atoms with Crippen LogP contribution in [0.5, 0.6) is 0 Å². The molecule has 1 aliphatic heterocycles. The van der Waals surface area contributed by atoms with Gasteiger partial charge in [0.25, 0.3) is 0 Å². The van der Waals surface area contributed by atoms with Crippen molar-refractivity contribution >= 4 is 23.4 Å². The third-order valence-electron chi connectivity index (χ3n) is 4.85. The van der Waals surface area contributed by atoms with Gasteiger partial charge >= 0.3 is 0 Å². The van der Waals surface area contributed by atoms with Gasteiger partial charge in [-0.05, 0) is 44.0 Å². The second-order valence-electron chi connectivity index (χ2n) is 6.81. The first-order valence-electron chi connectivity index (χ1n) is 9.00. The molecule has 6 nitrogen and oxygen atoms in total. The Hall–Kier alpha value is -2.87. The highest BCUT2D eigenvalue weighted by molar-refractivity contribution is 8.00. The van der Waals surface area contributed by atoms with E-state index in [1.54, 1.807) is 18.2 Å². The Morgan fingerprint density at radius 1 is 1.21 bits per heavy atom. The van der Waals surface area contributed by atoms with Gasteiger partial charge < -0.3 is 10.7 Å². The van der Waals surface area contributed by atoms with Crippen LogP contribution in [0.1, 0.15) is 19.4 Å². The summed E-state index contributed by atoms with van der Waals surface area (Å²) in [5.41, 5.74) is 2.39. The van der Waals surface area contributed by atoms with Gasteiger partial charge in [-0.15, -0.1) is 10.2 Å². The summed E-state index contributed by atoms with van der Waals surface area (Å²) >= 11 is 1.21. The molecule has 0 saturated carbocycles. The van der Waals surface area contributed by atoms with Gasteiger partial charge in [0.05, 0.1) is 10.8 Å². The van der Waals surface area contributed by atoms with E-state index in [1.165, 1.54) is 28.1 Å². The second kappa shape index (κ2) is 7.27. The lowest BCUT2D eigenvalue weighted by molar-refractivity contribution is -0.118. The molecule has 3 aromatic rings. The topological polar surface area (TPSA) is 77.0 Å². The molecule has 1 aromatic heterocycles. The lowest BCUT2D eigenvalue weighted by Crippen LogP contribution is -2.40. The number of nitrogens with zero attached hydrogens (tertiary/aromatic N) is 4. The fraction of sp³-hybridized carbons (Fsp3) is 0.250. The van der Waals surface area contributed by atoms with Crippen molar-refractivity contribution in [1.82, 2.24) is 14.9 Å². The number of nitrogens with two attached hydrogens (primary N) is 1. The number of hydrogen-bond acceptors (Lipinski definition) is 5. The molecule has 0 saturated heterocycles. The lowest BCUT2D eigenvalue weighted by atomic mass is 10.1. The maximum absolute atomic E-state index is 14.0. The predicted molar refractivity (Wildman–Crippen MR) is 108 cm³/mol. The molecule has 0 radical (unpaired) electrons. The third kappa shape index (κ3) is 3.13. The number of fused-ring (bicyclic) bond motifs is 1. The molecule has 2 aromatic carbocycles. The van der Waals surface area contributed by atoms with Gasteiger partial charge in [-0.1, -0.05) is 42.1 Å². The summed E-state index contributed by atoms with van der Waals surface area (Å²) in [6.45, 7) is 3.86. The summed E-state index contributed by atoms with van der Waals surface area (Å²) in [5.74, 6) is 5.87. The van der Waals surface area contributed by atoms with E-state index in [2.05, 4.69) is 10.2 Å². The summed E-state index contributed by atoms with van der Waals surface area (Å²) < 4.78 is 15.3. The van der Waals surface area contributed by atoms with Gasteiger partial charge in [0.15, 0.2) is 5.82 Å². The van der Waals surface area contributed by atoms with Gasteiger partial charge in [-0.2, -0.15) is 0 Å². The van der Waals surface area contributed by atoms with Gasteiger partial charge in [0.2, 0.25) is 11.1 Å². The number of aromatic nitrogens is 3.